The Labute approximate surface area is 102 Å². The fourth-order valence-electron chi connectivity index (χ4n) is 2.09. The van der Waals surface area contributed by atoms with Gasteiger partial charge in [0.1, 0.15) is 0 Å². The number of aryl methyl sites for hydroxylation is 1. The Morgan fingerprint density at radius 3 is 2.47 bits per heavy atom. The number of carboxylic acids is 1. The summed E-state index contributed by atoms with van der Waals surface area (Å²) >= 11 is 0. The van der Waals surface area contributed by atoms with E-state index in [2.05, 4.69) is 0 Å². The van der Waals surface area contributed by atoms with Crippen molar-refractivity contribution in [3.63, 3.8) is 0 Å². The van der Waals surface area contributed by atoms with E-state index >= 15 is 0 Å². The molecule has 94 valence electrons. The van der Waals surface area contributed by atoms with Crippen molar-refractivity contribution in [1.29, 1.82) is 0 Å². The van der Waals surface area contributed by atoms with E-state index < -0.39 is 18.0 Å². The lowest BCUT2D eigenvalue weighted by atomic mass is 9.89. The molecule has 3 heteroatoms. The molecule has 2 N–H and O–H groups in total. The largest absolute Gasteiger partial charge is 0.481 e. The van der Waals surface area contributed by atoms with Gasteiger partial charge in [0.25, 0.3) is 0 Å². The highest BCUT2D eigenvalue weighted by Crippen LogP contribution is 2.28. The minimum absolute atomic E-state index is 0.495. The molecule has 2 atom stereocenters. The Balaban J connectivity index is 3.00. The Morgan fingerprint density at radius 2 is 1.94 bits per heavy atom. The Morgan fingerprint density at radius 1 is 1.29 bits per heavy atom. The second kappa shape index (κ2) is 6.40. The highest BCUT2D eigenvalue weighted by Gasteiger charge is 2.27. The standard InChI is InChI=1S/C14H20O3/c1-3-7-12(14(16)17)13(15)11-9-6-5-8-10(11)4-2/h5-6,8-9,12-13,15H,3-4,7H2,1-2H3,(H,16,17). The summed E-state index contributed by atoms with van der Waals surface area (Å²) in [5.74, 6) is -1.64. The van der Waals surface area contributed by atoms with Crippen LogP contribution in [0.15, 0.2) is 24.3 Å². The van der Waals surface area contributed by atoms with Gasteiger partial charge in [-0.3, -0.25) is 4.79 Å². The third-order valence-electron chi connectivity index (χ3n) is 3.05. The monoisotopic (exact) mass is 236 g/mol. The third-order valence-corrected chi connectivity index (χ3v) is 3.05. The van der Waals surface area contributed by atoms with Crippen molar-refractivity contribution in [2.24, 2.45) is 5.92 Å². The van der Waals surface area contributed by atoms with Crippen LogP contribution in [0.25, 0.3) is 0 Å². The number of aliphatic hydroxyl groups excluding tert-OH is 1. The maximum atomic E-state index is 11.1. The smallest absolute Gasteiger partial charge is 0.309 e. The molecule has 0 aromatic heterocycles. The predicted octanol–water partition coefficient (Wildman–Crippen LogP) is 2.78. The summed E-state index contributed by atoms with van der Waals surface area (Å²) in [6.45, 7) is 3.93. The van der Waals surface area contributed by atoms with Crippen LogP contribution in [0.4, 0.5) is 0 Å². The van der Waals surface area contributed by atoms with E-state index in [1.165, 1.54) is 0 Å². The number of benzene rings is 1. The second-order valence-electron chi connectivity index (χ2n) is 4.23. The van der Waals surface area contributed by atoms with Crippen molar-refractivity contribution < 1.29 is 15.0 Å². The molecule has 1 rings (SSSR count). The molecule has 0 amide bonds. The van der Waals surface area contributed by atoms with Crippen LogP contribution < -0.4 is 0 Å². The van der Waals surface area contributed by atoms with Crippen molar-refractivity contribution in [3.05, 3.63) is 35.4 Å². The average molecular weight is 236 g/mol. The van der Waals surface area contributed by atoms with E-state index in [0.717, 1.165) is 24.0 Å². The summed E-state index contributed by atoms with van der Waals surface area (Å²) in [5, 5.41) is 19.4. The van der Waals surface area contributed by atoms with Gasteiger partial charge in [0.15, 0.2) is 0 Å². The summed E-state index contributed by atoms with van der Waals surface area (Å²) in [4.78, 5) is 11.1. The fourth-order valence-corrected chi connectivity index (χ4v) is 2.09. The first-order chi connectivity index (χ1) is 8.11. The number of carbonyl (C=O) groups is 1. The third kappa shape index (κ3) is 3.30. The van der Waals surface area contributed by atoms with E-state index in [-0.39, 0.29) is 0 Å². The number of hydrogen-bond donors (Lipinski definition) is 2. The van der Waals surface area contributed by atoms with E-state index in [0.29, 0.717) is 6.42 Å². The van der Waals surface area contributed by atoms with Crippen molar-refractivity contribution in [2.45, 2.75) is 39.2 Å². The van der Waals surface area contributed by atoms with E-state index in [9.17, 15) is 9.90 Å². The SMILES string of the molecule is CCCC(C(=O)O)C(O)c1ccccc1CC. The van der Waals surface area contributed by atoms with Gasteiger partial charge in [-0.25, -0.2) is 0 Å². The first-order valence-corrected chi connectivity index (χ1v) is 6.10. The van der Waals surface area contributed by atoms with Crippen LogP contribution in [0, 0.1) is 5.92 Å². The molecule has 0 heterocycles. The maximum Gasteiger partial charge on any atom is 0.309 e. The zero-order chi connectivity index (χ0) is 12.8. The van der Waals surface area contributed by atoms with E-state index in [1.807, 2.05) is 38.1 Å². The molecule has 0 aliphatic rings. The molecule has 0 saturated heterocycles. The molecule has 0 aliphatic heterocycles. The number of rotatable bonds is 6. The van der Waals surface area contributed by atoms with E-state index in [1.54, 1.807) is 0 Å². The number of aliphatic hydroxyl groups is 1. The van der Waals surface area contributed by atoms with Gasteiger partial charge in [-0.15, -0.1) is 0 Å². The van der Waals surface area contributed by atoms with Gasteiger partial charge in [-0.2, -0.15) is 0 Å². The van der Waals surface area contributed by atoms with Crippen molar-refractivity contribution in [2.75, 3.05) is 0 Å². The minimum Gasteiger partial charge on any atom is -0.481 e. The molecule has 2 unspecified atom stereocenters. The normalized spacial score (nSPS) is 14.3. The van der Waals surface area contributed by atoms with Gasteiger partial charge < -0.3 is 10.2 Å². The van der Waals surface area contributed by atoms with Gasteiger partial charge in [0.05, 0.1) is 12.0 Å². The Hall–Kier alpha value is -1.35. The zero-order valence-electron chi connectivity index (χ0n) is 10.4. The lowest BCUT2D eigenvalue weighted by molar-refractivity contribution is -0.146. The van der Waals surface area contributed by atoms with Crippen molar-refractivity contribution >= 4 is 5.97 Å². The summed E-state index contributed by atoms with van der Waals surface area (Å²) in [6, 6.07) is 7.49. The predicted molar refractivity (Wildman–Crippen MR) is 66.8 cm³/mol. The molecule has 0 aliphatic carbocycles. The summed E-state index contributed by atoms with van der Waals surface area (Å²) in [6.07, 6.45) is 1.13. The van der Waals surface area contributed by atoms with Gasteiger partial charge in [0, 0.05) is 0 Å². The topological polar surface area (TPSA) is 57.5 Å². The number of hydrogen-bond acceptors (Lipinski definition) is 2. The second-order valence-corrected chi connectivity index (χ2v) is 4.23. The molecule has 1 aromatic rings. The number of aliphatic carboxylic acids is 1. The Kier molecular flexibility index (Phi) is 5.16. The summed E-state index contributed by atoms with van der Waals surface area (Å²) in [5.41, 5.74) is 1.76. The highest BCUT2D eigenvalue weighted by molar-refractivity contribution is 5.71. The molecular weight excluding hydrogens is 216 g/mol. The molecule has 1 aromatic carbocycles. The molecule has 0 radical (unpaired) electrons. The lowest BCUT2D eigenvalue weighted by Crippen LogP contribution is -2.22. The summed E-state index contributed by atoms with van der Waals surface area (Å²) < 4.78 is 0. The van der Waals surface area contributed by atoms with Crippen molar-refractivity contribution in [1.82, 2.24) is 0 Å². The summed E-state index contributed by atoms with van der Waals surface area (Å²) in [7, 11) is 0. The molecular formula is C14H20O3. The molecule has 0 bridgehead atoms. The van der Waals surface area contributed by atoms with Gasteiger partial charge >= 0.3 is 5.97 Å². The van der Waals surface area contributed by atoms with Crippen LogP contribution in [0.2, 0.25) is 0 Å². The first kappa shape index (κ1) is 13.7. The van der Waals surface area contributed by atoms with Crippen LogP contribution >= 0.6 is 0 Å². The van der Waals surface area contributed by atoms with Crippen LogP contribution in [0.3, 0.4) is 0 Å². The van der Waals surface area contributed by atoms with Gasteiger partial charge in [0.2, 0.25) is 0 Å². The maximum absolute atomic E-state index is 11.1. The van der Waals surface area contributed by atoms with Crippen molar-refractivity contribution in [3.8, 4) is 0 Å². The Bertz CT molecular complexity index is 373. The van der Waals surface area contributed by atoms with Gasteiger partial charge in [-0.1, -0.05) is 44.5 Å². The molecule has 0 fully saturated rings. The molecule has 0 saturated carbocycles. The molecule has 3 nitrogen and oxygen atoms in total. The van der Waals surface area contributed by atoms with Crippen LogP contribution in [-0.2, 0) is 11.2 Å². The minimum atomic E-state index is -0.926. The zero-order valence-corrected chi connectivity index (χ0v) is 10.4. The van der Waals surface area contributed by atoms with E-state index in [4.69, 9.17) is 5.11 Å². The van der Waals surface area contributed by atoms with Crippen LogP contribution in [0.5, 0.6) is 0 Å². The average Bonchev–Trinajstić information content (AvgIpc) is 2.34. The number of carboxylic acid groups (broad SMARTS) is 1. The lowest BCUT2D eigenvalue weighted by Gasteiger charge is -2.21. The van der Waals surface area contributed by atoms with Gasteiger partial charge in [-0.05, 0) is 24.0 Å². The molecule has 0 spiro atoms. The first-order valence-electron chi connectivity index (χ1n) is 6.10. The highest BCUT2D eigenvalue weighted by atomic mass is 16.4. The quantitative estimate of drug-likeness (QED) is 0.798. The van der Waals surface area contributed by atoms with Crippen LogP contribution in [-0.4, -0.2) is 16.2 Å². The molecule has 17 heavy (non-hydrogen) atoms. The fraction of sp³-hybridized carbons (Fsp3) is 0.500. The van der Waals surface area contributed by atoms with Crippen LogP contribution in [0.1, 0.15) is 43.9 Å².